The number of amides is 1. The molecule has 0 fully saturated rings. The molecule has 0 radical (unpaired) electrons. The average molecular weight is 302 g/mol. The van der Waals surface area contributed by atoms with Crippen LogP contribution in [0.1, 0.15) is 52.4 Å². The molecule has 114 valence electrons. The first-order valence-corrected chi connectivity index (χ1v) is 8.53. The van der Waals surface area contributed by atoms with Gasteiger partial charge in [0.2, 0.25) is 26.8 Å². The Balaban J connectivity index is 2.43. The second kappa shape index (κ2) is 7.98. The van der Waals surface area contributed by atoms with Crippen LogP contribution in [0.4, 0.5) is 5.95 Å². The highest BCUT2D eigenvalue weighted by atomic mass is 32.2. The number of nitrogens with zero attached hydrogens (tertiary/aromatic N) is 2. The lowest BCUT2D eigenvalue weighted by molar-refractivity contribution is -0.114. The van der Waals surface area contributed by atoms with Crippen LogP contribution in [0.2, 0.25) is 0 Å². The highest BCUT2D eigenvalue weighted by molar-refractivity contribution is 7.91. The van der Waals surface area contributed by atoms with Gasteiger partial charge in [0.25, 0.3) is 0 Å². The van der Waals surface area contributed by atoms with Crippen molar-refractivity contribution in [2.24, 2.45) is 0 Å². The predicted molar refractivity (Wildman–Crippen MR) is 76.1 cm³/mol. The average Bonchev–Trinajstić information content (AvgIpc) is 2.82. The van der Waals surface area contributed by atoms with Crippen molar-refractivity contribution in [3.8, 4) is 0 Å². The lowest BCUT2D eigenvalue weighted by Gasteiger charge is -2.01. The van der Waals surface area contributed by atoms with Crippen molar-refractivity contribution in [1.82, 2.24) is 15.2 Å². The summed E-state index contributed by atoms with van der Waals surface area (Å²) in [5, 5.41) is 8.14. The molecule has 0 aromatic carbocycles. The van der Waals surface area contributed by atoms with Crippen LogP contribution >= 0.6 is 0 Å². The summed E-state index contributed by atoms with van der Waals surface area (Å²) >= 11 is 0. The van der Waals surface area contributed by atoms with Gasteiger partial charge in [-0.25, -0.2) is 13.5 Å². The van der Waals surface area contributed by atoms with E-state index in [1.165, 1.54) is 19.8 Å². The van der Waals surface area contributed by atoms with Gasteiger partial charge < -0.3 is 0 Å². The van der Waals surface area contributed by atoms with Crippen molar-refractivity contribution in [3.63, 3.8) is 0 Å². The maximum Gasteiger partial charge on any atom is 0.249 e. The van der Waals surface area contributed by atoms with Crippen LogP contribution in [-0.4, -0.2) is 35.3 Å². The normalized spacial score (nSPS) is 11.5. The highest BCUT2D eigenvalue weighted by Gasteiger charge is 2.19. The molecule has 1 heterocycles. The van der Waals surface area contributed by atoms with Gasteiger partial charge in [-0.15, -0.1) is 5.10 Å². The van der Waals surface area contributed by atoms with E-state index in [-0.39, 0.29) is 22.8 Å². The number of anilines is 1. The molecule has 0 atom stereocenters. The van der Waals surface area contributed by atoms with E-state index in [1.807, 2.05) is 0 Å². The molecule has 0 bridgehead atoms. The molecule has 0 unspecified atom stereocenters. The molecular weight excluding hydrogens is 280 g/mol. The molecule has 1 rings (SSSR count). The second-order valence-corrected chi connectivity index (χ2v) is 6.76. The van der Waals surface area contributed by atoms with Crippen molar-refractivity contribution in [1.29, 1.82) is 0 Å². The zero-order chi connectivity index (χ0) is 15.0. The van der Waals surface area contributed by atoms with E-state index in [2.05, 4.69) is 27.4 Å². The van der Waals surface area contributed by atoms with Crippen LogP contribution in [-0.2, 0) is 14.6 Å². The minimum atomic E-state index is -3.45. The number of H-pyrrole nitrogens is 1. The number of sulfone groups is 1. The molecule has 1 amide bonds. The zero-order valence-corrected chi connectivity index (χ0v) is 12.8. The van der Waals surface area contributed by atoms with Gasteiger partial charge in [-0.3, -0.25) is 10.1 Å². The number of hydrogen-bond acceptors (Lipinski definition) is 5. The summed E-state index contributed by atoms with van der Waals surface area (Å²) in [6, 6.07) is 0. The lowest BCUT2D eigenvalue weighted by Crippen LogP contribution is -2.10. The van der Waals surface area contributed by atoms with E-state index < -0.39 is 9.84 Å². The van der Waals surface area contributed by atoms with Crippen LogP contribution in [0.15, 0.2) is 5.16 Å². The number of carbonyl (C=O) groups excluding carboxylic acids is 1. The molecule has 0 spiro atoms. The van der Waals surface area contributed by atoms with Gasteiger partial charge in [-0.05, 0) is 6.42 Å². The Labute approximate surface area is 119 Å². The SMILES string of the molecule is CCCCCCCCS(=O)(=O)c1nc(NC(C)=O)n[nH]1. The van der Waals surface area contributed by atoms with E-state index in [1.54, 1.807) is 0 Å². The number of unbranched alkanes of at least 4 members (excludes halogenated alkanes) is 5. The highest BCUT2D eigenvalue weighted by Crippen LogP contribution is 2.11. The fourth-order valence-corrected chi connectivity index (χ4v) is 2.96. The molecule has 0 aliphatic heterocycles. The molecular formula is C12H22N4O3S. The first-order valence-electron chi connectivity index (χ1n) is 6.88. The standard InChI is InChI=1S/C12H22N4O3S/c1-3-4-5-6-7-8-9-20(18,19)12-14-11(15-16-12)13-10(2)17/h3-9H2,1-2H3,(H2,13,14,15,16,17). The molecule has 20 heavy (non-hydrogen) atoms. The molecule has 0 saturated heterocycles. The first-order chi connectivity index (χ1) is 9.45. The fraction of sp³-hybridized carbons (Fsp3) is 0.750. The molecule has 7 nitrogen and oxygen atoms in total. The third-order valence-corrected chi connectivity index (χ3v) is 4.41. The van der Waals surface area contributed by atoms with Crippen molar-refractivity contribution in [2.75, 3.05) is 11.1 Å². The summed E-state index contributed by atoms with van der Waals surface area (Å²) in [6.07, 6.45) is 6.06. The van der Waals surface area contributed by atoms with Crippen LogP contribution in [0.3, 0.4) is 0 Å². The fourth-order valence-electron chi connectivity index (χ4n) is 1.77. The number of nitrogens with one attached hydrogen (secondary N) is 2. The van der Waals surface area contributed by atoms with E-state index in [4.69, 9.17) is 0 Å². The summed E-state index contributed by atoms with van der Waals surface area (Å²) < 4.78 is 23.9. The Morgan fingerprint density at radius 3 is 2.50 bits per heavy atom. The summed E-state index contributed by atoms with van der Waals surface area (Å²) in [6.45, 7) is 3.45. The van der Waals surface area contributed by atoms with Crippen molar-refractivity contribution < 1.29 is 13.2 Å². The third kappa shape index (κ3) is 5.68. The van der Waals surface area contributed by atoms with Gasteiger partial charge in [-0.2, -0.15) is 4.98 Å². The van der Waals surface area contributed by atoms with Crippen LogP contribution in [0.5, 0.6) is 0 Å². The maximum atomic E-state index is 12.0. The van der Waals surface area contributed by atoms with Gasteiger partial charge in [0.15, 0.2) is 0 Å². The maximum absolute atomic E-state index is 12.0. The Kier molecular flexibility index (Phi) is 6.63. The van der Waals surface area contributed by atoms with Gasteiger partial charge in [0, 0.05) is 6.92 Å². The lowest BCUT2D eigenvalue weighted by atomic mass is 10.1. The number of aromatic amines is 1. The van der Waals surface area contributed by atoms with Crippen molar-refractivity contribution in [3.05, 3.63) is 0 Å². The van der Waals surface area contributed by atoms with E-state index in [0.717, 1.165) is 19.3 Å². The number of carbonyl (C=O) groups is 1. The second-order valence-electron chi connectivity index (χ2n) is 4.73. The molecule has 1 aromatic rings. The molecule has 0 saturated carbocycles. The summed E-state index contributed by atoms with van der Waals surface area (Å²) in [4.78, 5) is 14.6. The first kappa shape index (κ1) is 16.6. The third-order valence-electron chi connectivity index (χ3n) is 2.81. The Morgan fingerprint density at radius 1 is 1.20 bits per heavy atom. The number of hydrogen-bond donors (Lipinski definition) is 2. The zero-order valence-electron chi connectivity index (χ0n) is 12.0. The summed E-state index contributed by atoms with van der Waals surface area (Å²) in [7, 11) is -3.45. The van der Waals surface area contributed by atoms with Crippen molar-refractivity contribution >= 4 is 21.7 Å². The van der Waals surface area contributed by atoms with Crippen molar-refractivity contribution in [2.45, 2.75) is 57.5 Å². The van der Waals surface area contributed by atoms with E-state index in [0.29, 0.717) is 6.42 Å². The monoisotopic (exact) mass is 302 g/mol. The summed E-state index contributed by atoms with van der Waals surface area (Å²) in [5.74, 6) is -0.309. The van der Waals surface area contributed by atoms with Gasteiger partial charge >= 0.3 is 0 Å². The minimum absolute atomic E-state index is 0.0148. The number of rotatable bonds is 9. The molecule has 1 aromatic heterocycles. The Bertz CT molecular complexity index is 525. The largest absolute Gasteiger partial charge is 0.293 e. The molecule has 8 heteroatoms. The van der Waals surface area contributed by atoms with E-state index in [9.17, 15) is 13.2 Å². The summed E-state index contributed by atoms with van der Waals surface area (Å²) in [5.41, 5.74) is 0. The van der Waals surface area contributed by atoms with Crippen LogP contribution in [0, 0.1) is 0 Å². The van der Waals surface area contributed by atoms with Gasteiger partial charge in [0.05, 0.1) is 5.75 Å². The Morgan fingerprint density at radius 2 is 1.85 bits per heavy atom. The van der Waals surface area contributed by atoms with E-state index >= 15 is 0 Å². The topological polar surface area (TPSA) is 105 Å². The quantitative estimate of drug-likeness (QED) is 0.678. The van der Waals surface area contributed by atoms with Crippen LogP contribution in [0.25, 0.3) is 0 Å². The van der Waals surface area contributed by atoms with Crippen LogP contribution < -0.4 is 5.32 Å². The Hall–Kier alpha value is -1.44. The number of aromatic nitrogens is 3. The smallest absolute Gasteiger partial charge is 0.249 e. The molecule has 2 N–H and O–H groups in total. The van der Waals surface area contributed by atoms with Gasteiger partial charge in [-0.1, -0.05) is 39.0 Å². The predicted octanol–water partition coefficient (Wildman–Crippen LogP) is 1.90. The molecule has 0 aliphatic rings. The molecule has 0 aliphatic carbocycles. The minimum Gasteiger partial charge on any atom is -0.293 e. The van der Waals surface area contributed by atoms with Gasteiger partial charge in [0.1, 0.15) is 0 Å².